The van der Waals surface area contributed by atoms with E-state index in [1.165, 1.54) is 0 Å². The quantitative estimate of drug-likeness (QED) is 0.811. The Morgan fingerprint density at radius 2 is 2.06 bits per heavy atom. The normalized spacial score (nSPS) is 18.5. The number of rotatable bonds is 5. The van der Waals surface area contributed by atoms with Gasteiger partial charge in [-0.3, -0.25) is 4.79 Å². The highest BCUT2D eigenvalue weighted by Crippen LogP contribution is 2.50. The SMILES string of the molecule is CCOc1ccc(C2(C(N)C(=O)O)CC2)cc1. The molecule has 0 radical (unpaired) electrons. The summed E-state index contributed by atoms with van der Waals surface area (Å²) in [6, 6.07) is 6.75. The van der Waals surface area contributed by atoms with Crippen LogP contribution in [-0.4, -0.2) is 23.7 Å². The number of nitrogens with two attached hydrogens (primary N) is 1. The molecule has 1 aromatic carbocycles. The first-order chi connectivity index (χ1) is 8.10. The van der Waals surface area contributed by atoms with Gasteiger partial charge in [0.15, 0.2) is 0 Å². The molecule has 1 aromatic rings. The Morgan fingerprint density at radius 1 is 1.47 bits per heavy atom. The lowest BCUT2D eigenvalue weighted by Gasteiger charge is -2.20. The fourth-order valence-electron chi connectivity index (χ4n) is 2.20. The van der Waals surface area contributed by atoms with E-state index in [9.17, 15) is 4.79 Å². The second-order valence-electron chi connectivity index (χ2n) is 4.43. The molecule has 1 aliphatic carbocycles. The Morgan fingerprint density at radius 3 is 2.47 bits per heavy atom. The number of carboxylic acids is 1. The Bertz CT molecular complexity index is 409. The molecule has 1 saturated carbocycles. The first kappa shape index (κ1) is 11.9. The molecule has 1 atom stereocenters. The minimum absolute atomic E-state index is 0.365. The third-order valence-corrected chi connectivity index (χ3v) is 3.39. The van der Waals surface area contributed by atoms with Gasteiger partial charge >= 0.3 is 5.97 Å². The maximum atomic E-state index is 11.0. The van der Waals surface area contributed by atoms with Crippen molar-refractivity contribution in [3.8, 4) is 5.75 Å². The van der Waals surface area contributed by atoms with E-state index in [1.54, 1.807) is 0 Å². The number of hydrogen-bond acceptors (Lipinski definition) is 3. The molecule has 0 saturated heterocycles. The molecule has 1 unspecified atom stereocenters. The number of ether oxygens (including phenoxy) is 1. The summed E-state index contributed by atoms with van der Waals surface area (Å²) in [5.41, 5.74) is 6.39. The van der Waals surface area contributed by atoms with Gasteiger partial charge in [-0.05, 0) is 37.5 Å². The van der Waals surface area contributed by atoms with Crippen LogP contribution in [0.4, 0.5) is 0 Å². The lowest BCUT2D eigenvalue weighted by molar-refractivity contribution is -0.139. The second-order valence-corrected chi connectivity index (χ2v) is 4.43. The molecule has 92 valence electrons. The molecular weight excluding hydrogens is 218 g/mol. The van der Waals surface area contributed by atoms with Gasteiger partial charge in [0, 0.05) is 5.41 Å². The Labute approximate surface area is 100 Å². The molecule has 4 heteroatoms. The molecule has 2 rings (SSSR count). The van der Waals surface area contributed by atoms with E-state index in [0.29, 0.717) is 6.61 Å². The standard InChI is InChI=1S/C13H17NO3/c1-2-17-10-5-3-9(4-6-10)13(7-8-13)11(14)12(15)16/h3-6,11H,2,7-8,14H2,1H3,(H,15,16). The van der Waals surface area contributed by atoms with Crippen LogP contribution >= 0.6 is 0 Å². The minimum Gasteiger partial charge on any atom is -0.494 e. The van der Waals surface area contributed by atoms with Crippen LogP contribution in [0.25, 0.3) is 0 Å². The highest BCUT2D eigenvalue weighted by atomic mass is 16.5. The predicted octanol–water partition coefficient (Wildman–Crippen LogP) is 1.53. The largest absolute Gasteiger partial charge is 0.494 e. The lowest BCUT2D eigenvalue weighted by Crippen LogP contribution is -2.41. The summed E-state index contributed by atoms with van der Waals surface area (Å²) in [5.74, 6) is -0.132. The van der Waals surface area contributed by atoms with E-state index in [-0.39, 0.29) is 5.41 Å². The van der Waals surface area contributed by atoms with Crippen molar-refractivity contribution in [2.75, 3.05) is 6.61 Å². The first-order valence-corrected chi connectivity index (χ1v) is 5.82. The Balaban J connectivity index is 2.20. The maximum absolute atomic E-state index is 11.0. The summed E-state index contributed by atoms with van der Waals surface area (Å²) in [6.45, 7) is 2.55. The number of hydrogen-bond donors (Lipinski definition) is 2. The number of aliphatic carboxylic acids is 1. The molecular formula is C13H17NO3. The fraction of sp³-hybridized carbons (Fsp3) is 0.462. The zero-order chi connectivity index (χ0) is 12.5. The van der Waals surface area contributed by atoms with E-state index in [1.807, 2.05) is 31.2 Å². The van der Waals surface area contributed by atoms with Gasteiger partial charge < -0.3 is 15.6 Å². The summed E-state index contributed by atoms with van der Waals surface area (Å²) in [6.07, 6.45) is 1.68. The van der Waals surface area contributed by atoms with Gasteiger partial charge in [0.2, 0.25) is 0 Å². The van der Waals surface area contributed by atoms with Gasteiger partial charge in [0.05, 0.1) is 6.61 Å². The van der Waals surface area contributed by atoms with Crippen molar-refractivity contribution in [3.05, 3.63) is 29.8 Å². The van der Waals surface area contributed by atoms with E-state index in [2.05, 4.69) is 0 Å². The summed E-state index contributed by atoms with van der Waals surface area (Å²) in [7, 11) is 0. The van der Waals surface area contributed by atoms with Crippen molar-refractivity contribution in [2.45, 2.75) is 31.2 Å². The maximum Gasteiger partial charge on any atom is 0.321 e. The van der Waals surface area contributed by atoms with E-state index >= 15 is 0 Å². The molecule has 0 bridgehead atoms. The molecule has 0 aromatic heterocycles. The van der Waals surface area contributed by atoms with Crippen molar-refractivity contribution in [2.24, 2.45) is 5.73 Å². The predicted molar refractivity (Wildman–Crippen MR) is 64.1 cm³/mol. The zero-order valence-corrected chi connectivity index (χ0v) is 9.85. The van der Waals surface area contributed by atoms with Crippen molar-refractivity contribution in [1.82, 2.24) is 0 Å². The molecule has 17 heavy (non-hydrogen) atoms. The molecule has 0 aliphatic heterocycles. The van der Waals surface area contributed by atoms with Crippen LogP contribution in [0.2, 0.25) is 0 Å². The van der Waals surface area contributed by atoms with E-state index in [0.717, 1.165) is 24.2 Å². The zero-order valence-electron chi connectivity index (χ0n) is 9.85. The smallest absolute Gasteiger partial charge is 0.321 e. The fourth-order valence-corrected chi connectivity index (χ4v) is 2.20. The van der Waals surface area contributed by atoms with Gasteiger partial charge in [-0.1, -0.05) is 12.1 Å². The molecule has 4 nitrogen and oxygen atoms in total. The molecule has 0 amide bonds. The highest BCUT2D eigenvalue weighted by Gasteiger charge is 2.52. The van der Waals surface area contributed by atoms with Crippen LogP contribution in [0.1, 0.15) is 25.3 Å². The van der Waals surface area contributed by atoms with E-state index in [4.69, 9.17) is 15.6 Å². The van der Waals surface area contributed by atoms with Crippen molar-refractivity contribution >= 4 is 5.97 Å². The van der Waals surface area contributed by atoms with Gasteiger partial charge in [-0.2, -0.15) is 0 Å². The molecule has 0 heterocycles. The van der Waals surface area contributed by atoms with Crippen LogP contribution in [0, 0.1) is 0 Å². The van der Waals surface area contributed by atoms with Gasteiger partial charge in [0.25, 0.3) is 0 Å². The van der Waals surface area contributed by atoms with Gasteiger partial charge in [-0.15, -0.1) is 0 Å². The summed E-state index contributed by atoms with van der Waals surface area (Å²) >= 11 is 0. The van der Waals surface area contributed by atoms with E-state index < -0.39 is 12.0 Å². The number of benzene rings is 1. The van der Waals surface area contributed by atoms with Crippen LogP contribution in [0.5, 0.6) is 5.75 Å². The topological polar surface area (TPSA) is 72.5 Å². The van der Waals surface area contributed by atoms with Gasteiger partial charge in [0.1, 0.15) is 11.8 Å². The van der Waals surface area contributed by atoms with Crippen LogP contribution in [0.15, 0.2) is 24.3 Å². The third-order valence-electron chi connectivity index (χ3n) is 3.39. The minimum atomic E-state index is -0.934. The summed E-state index contributed by atoms with van der Waals surface area (Å²) in [4.78, 5) is 11.0. The Kier molecular flexibility index (Phi) is 3.07. The van der Waals surface area contributed by atoms with Crippen molar-refractivity contribution < 1.29 is 14.6 Å². The van der Waals surface area contributed by atoms with Crippen molar-refractivity contribution in [1.29, 1.82) is 0 Å². The lowest BCUT2D eigenvalue weighted by atomic mass is 9.88. The average molecular weight is 235 g/mol. The average Bonchev–Trinajstić information content (AvgIpc) is 3.11. The summed E-state index contributed by atoms with van der Waals surface area (Å²) in [5, 5.41) is 9.01. The molecule has 3 N–H and O–H groups in total. The molecule has 1 fully saturated rings. The molecule has 1 aliphatic rings. The van der Waals surface area contributed by atoms with Crippen LogP contribution in [0.3, 0.4) is 0 Å². The van der Waals surface area contributed by atoms with Crippen LogP contribution in [-0.2, 0) is 10.2 Å². The second kappa shape index (κ2) is 4.37. The Hall–Kier alpha value is -1.55. The summed E-state index contributed by atoms with van der Waals surface area (Å²) < 4.78 is 5.35. The highest BCUT2D eigenvalue weighted by molar-refractivity contribution is 5.77. The van der Waals surface area contributed by atoms with Crippen LogP contribution < -0.4 is 10.5 Å². The number of carboxylic acid groups (broad SMARTS) is 1. The monoisotopic (exact) mass is 235 g/mol. The number of carbonyl (C=O) groups is 1. The molecule has 0 spiro atoms. The van der Waals surface area contributed by atoms with Gasteiger partial charge in [-0.25, -0.2) is 0 Å². The first-order valence-electron chi connectivity index (χ1n) is 5.82. The van der Waals surface area contributed by atoms with Crippen molar-refractivity contribution in [3.63, 3.8) is 0 Å². The third kappa shape index (κ3) is 2.13.